The van der Waals surface area contributed by atoms with Gasteiger partial charge in [-0.1, -0.05) is 5.16 Å². The molecule has 1 heterocycles. The number of ether oxygens (including phenoxy) is 1. The van der Waals surface area contributed by atoms with Crippen molar-refractivity contribution in [2.75, 3.05) is 6.61 Å². The standard InChI is InChI=1S/C13H12INO4/c1-3-18-11-6-8(5-10(14)12(11)16)4-9-7(2)15-19-13(9)17/h4-6,16H,3H2,1-2H3/b9-4+. The fraction of sp³-hybridized carbons (Fsp3) is 0.231. The Morgan fingerprint density at radius 3 is 2.84 bits per heavy atom. The summed E-state index contributed by atoms with van der Waals surface area (Å²) in [5.41, 5.74) is 1.68. The Kier molecular flexibility index (Phi) is 4.08. The van der Waals surface area contributed by atoms with Crippen molar-refractivity contribution in [3.8, 4) is 11.5 Å². The summed E-state index contributed by atoms with van der Waals surface area (Å²) < 4.78 is 6.00. The van der Waals surface area contributed by atoms with Crippen LogP contribution in [0.1, 0.15) is 19.4 Å². The van der Waals surface area contributed by atoms with Crippen molar-refractivity contribution in [2.45, 2.75) is 13.8 Å². The first kappa shape index (κ1) is 13.9. The third-order valence-corrected chi connectivity index (χ3v) is 3.36. The van der Waals surface area contributed by atoms with Crippen LogP contribution < -0.4 is 4.74 Å². The molecule has 5 nitrogen and oxygen atoms in total. The minimum absolute atomic E-state index is 0.101. The molecule has 0 fully saturated rings. The normalized spacial score (nSPS) is 16.5. The van der Waals surface area contributed by atoms with Crippen molar-refractivity contribution in [3.63, 3.8) is 0 Å². The van der Waals surface area contributed by atoms with Gasteiger partial charge in [0, 0.05) is 0 Å². The topological polar surface area (TPSA) is 68.1 Å². The van der Waals surface area contributed by atoms with Gasteiger partial charge in [0.25, 0.3) is 0 Å². The molecule has 0 aromatic heterocycles. The SMILES string of the molecule is CCOc1cc(/C=C2/C(=O)ON=C2C)cc(I)c1O. The molecule has 0 amide bonds. The van der Waals surface area contributed by atoms with Gasteiger partial charge in [0.15, 0.2) is 11.5 Å². The number of rotatable bonds is 3. The van der Waals surface area contributed by atoms with Crippen LogP contribution in [0.5, 0.6) is 11.5 Å². The van der Waals surface area contributed by atoms with Gasteiger partial charge in [0.05, 0.1) is 21.5 Å². The number of carbonyl (C=O) groups is 1. The summed E-state index contributed by atoms with van der Waals surface area (Å²) in [7, 11) is 0. The highest BCUT2D eigenvalue weighted by atomic mass is 127. The highest BCUT2D eigenvalue weighted by Gasteiger charge is 2.22. The molecule has 0 spiro atoms. The van der Waals surface area contributed by atoms with Gasteiger partial charge in [-0.15, -0.1) is 0 Å². The lowest BCUT2D eigenvalue weighted by molar-refractivity contribution is -0.136. The maximum atomic E-state index is 11.5. The van der Waals surface area contributed by atoms with Crippen LogP contribution in [0.25, 0.3) is 6.08 Å². The second kappa shape index (κ2) is 5.60. The molecule has 1 aliphatic rings. The minimum atomic E-state index is -0.474. The molecule has 6 heteroatoms. The molecule has 1 aliphatic heterocycles. The summed E-state index contributed by atoms with van der Waals surface area (Å²) in [6, 6.07) is 3.43. The zero-order valence-corrected chi connectivity index (χ0v) is 12.6. The molecule has 0 atom stereocenters. The zero-order chi connectivity index (χ0) is 14.0. The van der Waals surface area contributed by atoms with E-state index < -0.39 is 5.97 Å². The molecule has 0 unspecified atom stereocenters. The van der Waals surface area contributed by atoms with E-state index in [9.17, 15) is 9.90 Å². The van der Waals surface area contributed by atoms with Crippen LogP contribution in [0.3, 0.4) is 0 Å². The fourth-order valence-electron chi connectivity index (χ4n) is 1.63. The number of oxime groups is 1. The second-order valence-corrected chi connectivity index (χ2v) is 5.06. The van der Waals surface area contributed by atoms with E-state index in [1.165, 1.54) is 0 Å². The van der Waals surface area contributed by atoms with Gasteiger partial charge in [-0.25, -0.2) is 4.79 Å². The Labute approximate surface area is 124 Å². The molecule has 100 valence electrons. The first-order valence-electron chi connectivity index (χ1n) is 5.66. The Morgan fingerprint density at radius 2 is 2.26 bits per heavy atom. The number of phenolic OH excluding ortho intramolecular Hbond substituents is 1. The van der Waals surface area contributed by atoms with E-state index in [0.29, 0.717) is 27.2 Å². The Hall–Kier alpha value is -1.57. The van der Waals surface area contributed by atoms with E-state index in [0.717, 1.165) is 5.56 Å². The van der Waals surface area contributed by atoms with Crippen molar-refractivity contribution >= 4 is 40.3 Å². The van der Waals surface area contributed by atoms with E-state index in [1.54, 1.807) is 25.1 Å². The average Bonchev–Trinajstić information content (AvgIpc) is 2.67. The summed E-state index contributed by atoms with van der Waals surface area (Å²) in [5.74, 6) is 0.0183. The molecule has 0 saturated carbocycles. The summed E-state index contributed by atoms with van der Waals surface area (Å²) in [6.45, 7) is 3.99. The zero-order valence-electron chi connectivity index (χ0n) is 10.4. The predicted octanol–water partition coefficient (Wildman–Crippen LogP) is 2.71. The van der Waals surface area contributed by atoms with Gasteiger partial charge < -0.3 is 14.7 Å². The van der Waals surface area contributed by atoms with Gasteiger partial charge >= 0.3 is 5.97 Å². The van der Waals surface area contributed by atoms with Gasteiger partial charge in [-0.2, -0.15) is 0 Å². The summed E-state index contributed by atoms with van der Waals surface area (Å²) in [5, 5.41) is 13.5. The molecule has 1 aromatic rings. The lowest BCUT2D eigenvalue weighted by Gasteiger charge is -2.08. The summed E-state index contributed by atoms with van der Waals surface area (Å²) in [6.07, 6.45) is 1.66. The van der Waals surface area contributed by atoms with Gasteiger partial charge in [0.2, 0.25) is 0 Å². The Morgan fingerprint density at radius 1 is 1.53 bits per heavy atom. The monoisotopic (exact) mass is 373 g/mol. The van der Waals surface area contributed by atoms with Crippen LogP contribution in [-0.4, -0.2) is 23.4 Å². The summed E-state index contributed by atoms with van der Waals surface area (Å²) >= 11 is 2.01. The molecule has 0 radical (unpaired) electrons. The van der Waals surface area contributed by atoms with E-state index >= 15 is 0 Å². The van der Waals surface area contributed by atoms with Crippen LogP contribution in [-0.2, 0) is 9.63 Å². The number of benzene rings is 1. The van der Waals surface area contributed by atoms with Crippen LogP contribution in [0.15, 0.2) is 22.9 Å². The lowest BCUT2D eigenvalue weighted by atomic mass is 10.1. The highest BCUT2D eigenvalue weighted by molar-refractivity contribution is 14.1. The summed E-state index contributed by atoms with van der Waals surface area (Å²) in [4.78, 5) is 16.0. The number of nitrogens with zero attached hydrogens (tertiary/aromatic N) is 1. The first-order valence-corrected chi connectivity index (χ1v) is 6.74. The maximum absolute atomic E-state index is 11.5. The van der Waals surface area contributed by atoms with Crippen LogP contribution in [0, 0.1) is 3.57 Å². The molecule has 19 heavy (non-hydrogen) atoms. The Balaban J connectivity index is 2.44. The molecule has 2 rings (SSSR count). The van der Waals surface area contributed by atoms with E-state index in [4.69, 9.17) is 4.74 Å². The van der Waals surface area contributed by atoms with Gasteiger partial charge in [-0.05, 0) is 60.2 Å². The first-order chi connectivity index (χ1) is 9.02. The van der Waals surface area contributed by atoms with Crippen molar-refractivity contribution in [3.05, 3.63) is 26.8 Å². The Bertz CT molecular complexity index is 593. The smallest absolute Gasteiger partial charge is 0.367 e. The van der Waals surface area contributed by atoms with Crippen LogP contribution in [0.4, 0.5) is 0 Å². The van der Waals surface area contributed by atoms with E-state index in [-0.39, 0.29) is 5.75 Å². The quantitative estimate of drug-likeness (QED) is 0.503. The van der Waals surface area contributed by atoms with Crippen molar-refractivity contribution in [2.24, 2.45) is 5.16 Å². The number of phenols is 1. The highest BCUT2D eigenvalue weighted by Crippen LogP contribution is 2.33. The number of halogens is 1. The van der Waals surface area contributed by atoms with Crippen molar-refractivity contribution in [1.29, 1.82) is 0 Å². The number of aromatic hydroxyl groups is 1. The molecular formula is C13H12INO4. The molecule has 0 saturated heterocycles. The van der Waals surface area contributed by atoms with Crippen molar-refractivity contribution < 1.29 is 19.5 Å². The average molecular weight is 373 g/mol. The third-order valence-electron chi connectivity index (χ3n) is 2.54. The lowest BCUT2D eigenvalue weighted by Crippen LogP contribution is -2.02. The molecule has 0 bridgehead atoms. The maximum Gasteiger partial charge on any atom is 0.367 e. The minimum Gasteiger partial charge on any atom is -0.504 e. The largest absolute Gasteiger partial charge is 0.504 e. The molecule has 1 N–H and O–H groups in total. The number of hydrogen-bond acceptors (Lipinski definition) is 5. The second-order valence-electron chi connectivity index (χ2n) is 3.90. The molecule has 1 aromatic carbocycles. The number of carbonyl (C=O) groups excluding carboxylic acids is 1. The van der Waals surface area contributed by atoms with E-state index in [1.807, 2.05) is 29.5 Å². The molecule has 0 aliphatic carbocycles. The van der Waals surface area contributed by atoms with Gasteiger partial charge in [0.1, 0.15) is 0 Å². The third kappa shape index (κ3) is 2.89. The molecular weight excluding hydrogens is 361 g/mol. The van der Waals surface area contributed by atoms with Crippen molar-refractivity contribution in [1.82, 2.24) is 0 Å². The fourth-order valence-corrected chi connectivity index (χ4v) is 2.25. The van der Waals surface area contributed by atoms with E-state index in [2.05, 4.69) is 9.99 Å². The number of hydrogen-bond donors (Lipinski definition) is 1. The predicted molar refractivity (Wildman–Crippen MR) is 79.2 cm³/mol. The van der Waals surface area contributed by atoms with Crippen LogP contribution >= 0.6 is 22.6 Å². The van der Waals surface area contributed by atoms with Crippen LogP contribution in [0.2, 0.25) is 0 Å². The van der Waals surface area contributed by atoms with Gasteiger partial charge in [-0.3, -0.25) is 0 Å².